The van der Waals surface area contributed by atoms with E-state index in [9.17, 15) is 9.59 Å². The van der Waals surface area contributed by atoms with E-state index in [2.05, 4.69) is 42.2 Å². The van der Waals surface area contributed by atoms with Crippen LogP contribution >= 0.6 is 0 Å². The number of benzene rings is 2. The van der Waals surface area contributed by atoms with Crippen LogP contribution in [0.25, 0.3) is 0 Å². The third-order valence-corrected chi connectivity index (χ3v) is 7.19. The van der Waals surface area contributed by atoms with Crippen LogP contribution in [-0.4, -0.2) is 60.9 Å². The molecular formula is C28H37N3O3. The summed E-state index contributed by atoms with van der Waals surface area (Å²) in [6, 6.07) is 14.1. The van der Waals surface area contributed by atoms with Crippen molar-refractivity contribution in [1.29, 1.82) is 0 Å². The summed E-state index contributed by atoms with van der Waals surface area (Å²) in [6.45, 7) is 9.19. The van der Waals surface area contributed by atoms with Crippen molar-refractivity contribution in [2.24, 2.45) is 17.6 Å². The van der Waals surface area contributed by atoms with E-state index in [-0.39, 0.29) is 11.5 Å². The van der Waals surface area contributed by atoms with E-state index in [1.165, 1.54) is 5.56 Å². The molecule has 0 aliphatic carbocycles. The van der Waals surface area contributed by atoms with E-state index in [0.29, 0.717) is 29.8 Å². The monoisotopic (exact) mass is 463 g/mol. The van der Waals surface area contributed by atoms with Crippen molar-refractivity contribution in [3.8, 4) is 5.75 Å². The van der Waals surface area contributed by atoms with Gasteiger partial charge in [-0.2, -0.15) is 0 Å². The van der Waals surface area contributed by atoms with Crippen molar-refractivity contribution in [1.82, 2.24) is 9.80 Å². The molecule has 2 aliphatic heterocycles. The molecule has 2 aromatic carbocycles. The summed E-state index contributed by atoms with van der Waals surface area (Å²) in [5.74, 6) is 0.915. The van der Waals surface area contributed by atoms with E-state index in [0.717, 1.165) is 64.0 Å². The molecule has 0 aromatic heterocycles. The van der Waals surface area contributed by atoms with Gasteiger partial charge in [0.2, 0.25) is 5.91 Å². The van der Waals surface area contributed by atoms with Crippen LogP contribution in [-0.2, 0) is 6.42 Å². The number of rotatable bonds is 10. The first-order valence-electron chi connectivity index (χ1n) is 12.6. The largest absolute Gasteiger partial charge is 0.494 e. The summed E-state index contributed by atoms with van der Waals surface area (Å²) in [5, 5.41) is 0. The highest BCUT2D eigenvalue weighted by molar-refractivity contribution is 6.08. The number of fused-ring (bicyclic) bond motifs is 1. The van der Waals surface area contributed by atoms with Crippen LogP contribution in [0.3, 0.4) is 0 Å². The quantitative estimate of drug-likeness (QED) is 0.542. The Labute approximate surface area is 203 Å². The van der Waals surface area contributed by atoms with Gasteiger partial charge in [0.15, 0.2) is 0 Å². The molecule has 6 nitrogen and oxygen atoms in total. The van der Waals surface area contributed by atoms with Crippen molar-refractivity contribution in [3.05, 3.63) is 64.7 Å². The minimum Gasteiger partial charge on any atom is -0.494 e. The maximum Gasteiger partial charge on any atom is 0.254 e. The zero-order valence-electron chi connectivity index (χ0n) is 20.5. The molecule has 2 aliphatic rings. The Hall–Kier alpha value is -2.86. The molecule has 182 valence electrons. The number of primary amides is 1. The molecule has 2 aromatic rings. The van der Waals surface area contributed by atoms with Gasteiger partial charge >= 0.3 is 0 Å². The van der Waals surface area contributed by atoms with Gasteiger partial charge in [-0.25, -0.2) is 0 Å². The number of likely N-dealkylation sites (tertiary alicyclic amines) is 2. The van der Waals surface area contributed by atoms with Crippen LogP contribution in [0.15, 0.2) is 42.5 Å². The lowest BCUT2D eigenvalue weighted by Gasteiger charge is -2.23. The summed E-state index contributed by atoms with van der Waals surface area (Å²) in [7, 11) is 0. The zero-order valence-corrected chi connectivity index (χ0v) is 20.5. The average molecular weight is 464 g/mol. The van der Waals surface area contributed by atoms with Crippen LogP contribution in [0.1, 0.15) is 58.0 Å². The summed E-state index contributed by atoms with van der Waals surface area (Å²) in [4.78, 5) is 30.1. The van der Waals surface area contributed by atoms with E-state index in [1.54, 1.807) is 6.07 Å². The van der Waals surface area contributed by atoms with Gasteiger partial charge in [0.25, 0.3) is 5.91 Å². The first-order valence-corrected chi connectivity index (χ1v) is 12.6. The second kappa shape index (κ2) is 11.0. The molecule has 2 atom stereocenters. The van der Waals surface area contributed by atoms with Gasteiger partial charge in [-0.05, 0) is 67.8 Å². The molecule has 2 amide bonds. The Morgan fingerprint density at radius 3 is 2.38 bits per heavy atom. The number of ether oxygens (including phenoxy) is 1. The summed E-state index contributed by atoms with van der Waals surface area (Å²) in [5.41, 5.74) is 8.49. The van der Waals surface area contributed by atoms with Crippen molar-refractivity contribution >= 4 is 11.8 Å². The summed E-state index contributed by atoms with van der Waals surface area (Å²) in [6.07, 6.45) is 4.22. The molecule has 0 saturated carbocycles. The number of nitrogens with zero attached hydrogens (tertiary/aromatic N) is 2. The lowest BCUT2D eigenvalue weighted by atomic mass is 9.99. The standard InChI is InChI=1S/C28H37N3O3/c1-3-4-13-34-24-14-20(2)26(25(15-24)27(29)32)28(33)31-18-22-16-30(17-23(22)19-31)12-8-11-21-9-6-5-7-10-21/h5-7,9-10,14-15,22-23H,3-4,8,11-13,16-19H2,1-2H3,(H2,29,32)/t22-,23?/m0/s1. The highest BCUT2D eigenvalue weighted by Gasteiger charge is 2.42. The molecule has 2 saturated heterocycles. The molecule has 0 bridgehead atoms. The second-order valence-electron chi connectivity index (χ2n) is 9.81. The highest BCUT2D eigenvalue weighted by atomic mass is 16.5. The minimum absolute atomic E-state index is 0.0866. The third-order valence-electron chi connectivity index (χ3n) is 7.19. The van der Waals surface area contributed by atoms with Crippen LogP contribution in [0.2, 0.25) is 0 Å². The van der Waals surface area contributed by atoms with Gasteiger partial charge in [-0.15, -0.1) is 0 Å². The fourth-order valence-corrected chi connectivity index (χ4v) is 5.40. The normalized spacial score (nSPS) is 19.9. The van der Waals surface area contributed by atoms with Crippen LogP contribution in [0.4, 0.5) is 0 Å². The van der Waals surface area contributed by atoms with Gasteiger partial charge in [0.1, 0.15) is 5.75 Å². The van der Waals surface area contributed by atoms with Gasteiger partial charge in [-0.1, -0.05) is 43.7 Å². The zero-order chi connectivity index (χ0) is 24.1. The SMILES string of the molecule is CCCCOc1cc(C)c(C(=O)N2CC3CN(CCCc4ccccc4)C[C@H]3C2)c(C(N)=O)c1. The number of hydrogen-bond acceptors (Lipinski definition) is 4. The van der Waals surface area contributed by atoms with Crippen molar-refractivity contribution < 1.29 is 14.3 Å². The molecule has 0 radical (unpaired) electrons. The molecule has 2 heterocycles. The molecule has 1 unspecified atom stereocenters. The van der Waals surface area contributed by atoms with Crippen LogP contribution < -0.4 is 10.5 Å². The predicted molar refractivity (Wildman–Crippen MR) is 134 cm³/mol. The number of amides is 2. The Morgan fingerprint density at radius 1 is 1.03 bits per heavy atom. The van der Waals surface area contributed by atoms with E-state index in [1.807, 2.05) is 17.9 Å². The Kier molecular flexibility index (Phi) is 7.88. The number of carbonyl (C=O) groups excluding carboxylic acids is 2. The summed E-state index contributed by atoms with van der Waals surface area (Å²) >= 11 is 0. The predicted octanol–water partition coefficient (Wildman–Crippen LogP) is 3.91. The van der Waals surface area contributed by atoms with E-state index < -0.39 is 5.91 Å². The maximum absolute atomic E-state index is 13.5. The molecule has 34 heavy (non-hydrogen) atoms. The number of carbonyl (C=O) groups is 2. The van der Waals surface area contributed by atoms with Gasteiger partial charge in [-0.3, -0.25) is 9.59 Å². The van der Waals surface area contributed by atoms with Crippen molar-refractivity contribution in [2.45, 2.75) is 39.5 Å². The lowest BCUT2D eigenvalue weighted by Crippen LogP contribution is -2.35. The maximum atomic E-state index is 13.5. The number of hydrogen-bond donors (Lipinski definition) is 1. The fraction of sp³-hybridized carbons (Fsp3) is 0.500. The van der Waals surface area contributed by atoms with Crippen LogP contribution in [0.5, 0.6) is 5.75 Å². The summed E-state index contributed by atoms with van der Waals surface area (Å²) < 4.78 is 5.77. The minimum atomic E-state index is -0.587. The topological polar surface area (TPSA) is 75.9 Å². The Balaban J connectivity index is 1.35. The van der Waals surface area contributed by atoms with Gasteiger partial charge in [0, 0.05) is 26.2 Å². The first kappa shape index (κ1) is 24.3. The molecule has 4 rings (SSSR count). The Bertz CT molecular complexity index is 993. The van der Waals surface area contributed by atoms with Crippen molar-refractivity contribution in [3.63, 3.8) is 0 Å². The molecule has 2 N–H and O–H groups in total. The average Bonchev–Trinajstić information content (AvgIpc) is 3.38. The third kappa shape index (κ3) is 5.61. The second-order valence-corrected chi connectivity index (χ2v) is 9.81. The van der Waals surface area contributed by atoms with Crippen LogP contribution in [0, 0.1) is 18.8 Å². The molecule has 2 fully saturated rings. The van der Waals surface area contributed by atoms with Gasteiger partial charge < -0.3 is 20.3 Å². The van der Waals surface area contributed by atoms with E-state index >= 15 is 0 Å². The molecule has 6 heteroatoms. The Morgan fingerprint density at radius 2 is 1.74 bits per heavy atom. The highest BCUT2D eigenvalue weighted by Crippen LogP contribution is 2.33. The number of aryl methyl sites for hydroxylation is 2. The van der Waals surface area contributed by atoms with Gasteiger partial charge in [0.05, 0.1) is 17.7 Å². The smallest absolute Gasteiger partial charge is 0.254 e. The molecular weight excluding hydrogens is 426 g/mol. The lowest BCUT2D eigenvalue weighted by molar-refractivity contribution is 0.0767. The molecule has 0 spiro atoms. The van der Waals surface area contributed by atoms with Crippen molar-refractivity contribution in [2.75, 3.05) is 39.3 Å². The fourth-order valence-electron chi connectivity index (χ4n) is 5.40. The first-order chi connectivity index (χ1) is 16.5. The number of unbranched alkanes of at least 4 members (excludes halogenated alkanes) is 1. The van der Waals surface area contributed by atoms with E-state index in [4.69, 9.17) is 10.5 Å². The number of nitrogens with two attached hydrogens (primary N) is 1.